The molecular formula is C49H57N9O12. The second-order valence-corrected chi connectivity index (χ2v) is 18.1. The highest BCUT2D eigenvalue weighted by Crippen LogP contribution is 2.27. The van der Waals surface area contributed by atoms with E-state index in [0.29, 0.717) is 34.0 Å². The monoisotopic (exact) mass is 963 g/mol. The molecule has 8 atom stereocenters. The number of carbonyl (C=O) groups excluding carboxylic acids is 8. The topological polar surface area (TPSA) is 307 Å². The summed E-state index contributed by atoms with van der Waals surface area (Å²) < 4.78 is 1.37. The molecule has 0 saturated carbocycles. The van der Waals surface area contributed by atoms with Crippen LogP contribution in [0.25, 0.3) is 10.9 Å². The summed E-state index contributed by atoms with van der Waals surface area (Å²) in [5, 5.41) is 49.6. The number of hydrogen-bond acceptors (Lipinski definition) is 11. The summed E-state index contributed by atoms with van der Waals surface area (Å²) in [6, 6.07) is 11.8. The van der Waals surface area contributed by atoms with E-state index in [1.807, 2.05) is 0 Å². The van der Waals surface area contributed by atoms with Crippen LogP contribution in [0.2, 0.25) is 0 Å². The zero-order valence-corrected chi connectivity index (χ0v) is 38.6. The van der Waals surface area contributed by atoms with Crippen LogP contribution in [0.4, 0.5) is 0 Å². The SMILES string of the molecule is CC(C)[C@@H]1NC(=O)C(NC(=O)[C@H](Cc2ccc(O)cc2)NC(=O)[C@@H]2CCCN2C(=O)[C@@H]2CCC(=O)N2)n2cc(c3ccccc32)C[C@H](C(=O)O)NC(=O)[C@@H](CO)NC(=O)[C@H](Cc2ccccc2)NC1=O. The van der Waals surface area contributed by atoms with Crippen molar-refractivity contribution in [2.24, 2.45) is 5.92 Å². The number of hydrogen-bond donors (Lipinski definition) is 10. The number of phenols is 1. The molecule has 3 aliphatic heterocycles. The maximum Gasteiger partial charge on any atom is 0.326 e. The first-order valence-corrected chi connectivity index (χ1v) is 23.2. The van der Waals surface area contributed by atoms with E-state index in [-0.39, 0.29) is 56.7 Å². The minimum absolute atomic E-state index is 0.0600. The van der Waals surface area contributed by atoms with Crippen molar-refractivity contribution in [1.29, 1.82) is 0 Å². The lowest BCUT2D eigenvalue weighted by Gasteiger charge is -2.30. The fourth-order valence-electron chi connectivity index (χ4n) is 9.04. The molecule has 0 spiro atoms. The number of aliphatic hydroxyl groups is 1. The molecule has 2 saturated heterocycles. The third kappa shape index (κ3) is 11.7. The van der Waals surface area contributed by atoms with Crippen molar-refractivity contribution in [3.63, 3.8) is 0 Å². The standard InChI is InChI=1S/C49H57N9O12/c1-26(2)40-46(66)52-33(21-27-9-4-3-5-10-27)42(62)54-36(25-59)44(64)53-35(49(69)70)23-29-24-58(37-12-7-6-11-31(29)37)41(47(67)55-40)56-43(63)34(22-28-14-16-30(60)17-15-28)51-45(65)38-13-8-20-57(38)48(68)32-18-19-39(61)50-32/h3-7,9-12,14-17,24,26,32-36,38,40-41,59-60H,8,13,18-23,25H2,1-2H3,(H,50,61)(H,51,65)(H,52,66)(H,53,64)(H,54,62)(H,55,67)(H,56,63)(H,69,70)/t32-,33-,34-,35+,36+,38-,40-,41?/m0/s1. The summed E-state index contributed by atoms with van der Waals surface area (Å²) in [6.07, 6.45) is 0.245. The van der Waals surface area contributed by atoms with Gasteiger partial charge in [0.1, 0.15) is 48.0 Å². The number of benzene rings is 3. The van der Waals surface area contributed by atoms with E-state index in [1.165, 1.54) is 27.8 Å². The Hall–Kier alpha value is -7.81. The number of nitrogens with one attached hydrogen (secondary N) is 7. The minimum Gasteiger partial charge on any atom is -0.508 e. The molecule has 3 aliphatic rings. The lowest BCUT2D eigenvalue weighted by molar-refractivity contribution is -0.142. The van der Waals surface area contributed by atoms with Crippen LogP contribution in [-0.4, -0.2) is 133 Å². The summed E-state index contributed by atoms with van der Waals surface area (Å²) >= 11 is 0. The average Bonchev–Trinajstić information content (AvgIpc) is 4.10. The molecule has 370 valence electrons. The van der Waals surface area contributed by atoms with E-state index >= 15 is 0 Å². The molecule has 10 N–H and O–H groups in total. The highest BCUT2D eigenvalue weighted by molar-refractivity contribution is 5.99. The smallest absolute Gasteiger partial charge is 0.326 e. The van der Waals surface area contributed by atoms with Gasteiger partial charge in [0.05, 0.1) is 12.1 Å². The molecule has 1 unspecified atom stereocenters. The number of aromatic hydroxyl groups is 1. The second-order valence-electron chi connectivity index (χ2n) is 18.1. The Labute approximate surface area is 402 Å². The van der Waals surface area contributed by atoms with E-state index in [0.717, 1.165) is 0 Å². The molecule has 3 aromatic carbocycles. The molecule has 21 heteroatoms. The normalized spacial score (nSPS) is 23.9. The van der Waals surface area contributed by atoms with Gasteiger partial charge in [-0.3, -0.25) is 38.4 Å². The summed E-state index contributed by atoms with van der Waals surface area (Å²) in [6.45, 7) is 2.61. The van der Waals surface area contributed by atoms with Crippen LogP contribution in [-0.2, 0) is 62.4 Å². The number of aliphatic carboxylic acids is 1. The number of carboxylic acid groups (broad SMARTS) is 1. The van der Waals surface area contributed by atoms with Gasteiger partial charge in [-0.15, -0.1) is 0 Å². The number of rotatable bonds is 12. The van der Waals surface area contributed by atoms with Crippen molar-refractivity contribution in [2.45, 2.75) is 107 Å². The van der Waals surface area contributed by atoms with Gasteiger partial charge in [0.15, 0.2) is 6.17 Å². The van der Waals surface area contributed by atoms with Gasteiger partial charge >= 0.3 is 5.97 Å². The zero-order chi connectivity index (χ0) is 50.2. The van der Waals surface area contributed by atoms with Gasteiger partial charge in [-0.25, -0.2) is 4.79 Å². The highest BCUT2D eigenvalue weighted by Gasteiger charge is 2.41. The van der Waals surface area contributed by atoms with Crippen molar-refractivity contribution >= 4 is 64.1 Å². The van der Waals surface area contributed by atoms with E-state index < -0.39 is 108 Å². The number of nitrogens with zero attached hydrogens (tertiary/aromatic N) is 2. The number of carboxylic acids is 1. The Morgan fingerprint density at radius 1 is 0.757 bits per heavy atom. The molecule has 0 radical (unpaired) electrons. The first kappa shape index (κ1) is 50.1. The molecule has 0 aliphatic carbocycles. The predicted molar refractivity (Wildman–Crippen MR) is 250 cm³/mol. The first-order valence-electron chi connectivity index (χ1n) is 23.2. The molecular weight excluding hydrogens is 907 g/mol. The van der Waals surface area contributed by atoms with Crippen LogP contribution in [0.1, 0.15) is 62.4 Å². The lowest BCUT2D eigenvalue weighted by Crippen LogP contribution is -2.60. The van der Waals surface area contributed by atoms with Crippen molar-refractivity contribution < 1.29 is 58.5 Å². The lowest BCUT2D eigenvalue weighted by atomic mass is 10.0. The van der Waals surface area contributed by atoms with Gasteiger partial charge in [0.25, 0.3) is 5.91 Å². The van der Waals surface area contributed by atoms with Crippen molar-refractivity contribution in [2.75, 3.05) is 13.2 Å². The van der Waals surface area contributed by atoms with E-state index in [9.17, 15) is 58.5 Å². The summed E-state index contributed by atoms with van der Waals surface area (Å²) in [4.78, 5) is 126. The van der Waals surface area contributed by atoms with Crippen molar-refractivity contribution in [3.05, 3.63) is 102 Å². The Kier molecular flexibility index (Phi) is 15.8. The van der Waals surface area contributed by atoms with E-state index in [2.05, 4.69) is 37.2 Å². The van der Waals surface area contributed by atoms with Gasteiger partial charge in [0.2, 0.25) is 41.4 Å². The Balaban J connectivity index is 1.28. The van der Waals surface area contributed by atoms with Crippen molar-refractivity contribution in [1.82, 2.24) is 46.7 Å². The Morgan fingerprint density at radius 3 is 2.11 bits per heavy atom. The fourth-order valence-corrected chi connectivity index (χ4v) is 9.04. The van der Waals surface area contributed by atoms with Crippen LogP contribution in [0.5, 0.6) is 5.75 Å². The Morgan fingerprint density at radius 2 is 1.44 bits per heavy atom. The third-order valence-electron chi connectivity index (χ3n) is 12.8. The average molecular weight is 964 g/mol. The molecule has 7 rings (SSSR count). The third-order valence-corrected chi connectivity index (χ3v) is 12.8. The summed E-state index contributed by atoms with van der Waals surface area (Å²) in [7, 11) is 0. The number of carbonyl (C=O) groups is 9. The maximum absolute atomic E-state index is 15.0. The first-order chi connectivity index (χ1) is 33.5. The number of para-hydroxylation sites is 1. The van der Waals surface area contributed by atoms with Crippen LogP contribution in [0, 0.1) is 5.92 Å². The van der Waals surface area contributed by atoms with E-state index in [1.54, 1.807) is 80.6 Å². The zero-order valence-electron chi connectivity index (χ0n) is 38.6. The van der Waals surface area contributed by atoms with Gasteiger partial charge in [-0.2, -0.15) is 0 Å². The molecule has 8 amide bonds. The van der Waals surface area contributed by atoms with Gasteiger partial charge in [-0.05, 0) is 60.1 Å². The van der Waals surface area contributed by atoms with E-state index in [4.69, 9.17) is 0 Å². The molecule has 21 nitrogen and oxygen atoms in total. The van der Waals surface area contributed by atoms with Crippen LogP contribution in [0.3, 0.4) is 0 Å². The second kappa shape index (κ2) is 22.1. The van der Waals surface area contributed by atoms with Gasteiger partial charge in [-0.1, -0.05) is 74.5 Å². The number of fused-ring (bicyclic) bond motifs is 5. The molecule has 70 heavy (non-hydrogen) atoms. The molecule has 4 heterocycles. The quantitative estimate of drug-likeness (QED) is 0.0855. The van der Waals surface area contributed by atoms with Crippen LogP contribution in [0.15, 0.2) is 85.1 Å². The van der Waals surface area contributed by atoms with Crippen LogP contribution >= 0.6 is 0 Å². The van der Waals surface area contributed by atoms with Crippen molar-refractivity contribution in [3.8, 4) is 5.75 Å². The van der Waals surface area contributed by atoms with Gasteiger partial charge in [0, 0.05) is 43.8 Å². The highest BCUT2D eigenvalue weighted by atomic mass is 16.4. The molecule has 2 fully saturated rings. The number of amides is 8. The maximum atomic E-state index is 15.0. The largest absolute Gasteiger partial charge is 0.508 e. The molecule has 4 aromatic rings. The predicted octanol–water partition coefficient (Wildman–Crippen LogP) is -0.570. The number of likely N-dealkylation sites (tertiary alicyclic amines) is 1. The molecule has 2 bridgehead atoms. The summed E-state index contributed by atoms with van der Waals surface area (Å²) in [5.41, 5.74) is 1.72. The molecule has 1 aromatic heterocycles. The Bertz CT molecular complexity index is 2640. The number of phenolic OH excluding ortho intramolecular Hbond substituents is 1. The van der Waals surface area contributed by atoms with Crippen LogP contribution < -0.4 is 37.2 Å². The fraction of sp³-hybridized carbons (Fsp3) is 0.408. The van der Waals surface area contributed by atoms with Gasteiger partial charge < -0.3 is 62.0 Å². The minimum atomic E-state index is -1.72. The number of aromatic nitrogens is 1. The summed E-state index contributed by atoms with van der Waals surface area (Å²) in [5.74, 6) is -8.07. The number of aliphatic hydroxyl groups excluding tert-OH is 1.